The highest BCUT2D eigenvalue weighted by Gasteiger charge is 1.52. The van der Waals surface area contributed by atoms with Crippen LogP contribution in [0.5, 0.6) is 0 Å². The molecule has 0 aliphatic heterocycles. The smallest absolute Gasteiger partial charge is 0.0839 e. The van der Waals surface area contributed by atoms with E-state index >= 15 is 0 Å². The molecule has 34 valence electrons. The summed E-state index contributed by atoms with van der Waals surface area (Å²) >= 11 is 0. The van der Waals surface area contributed by atoms with Crippen molar-refractivity contribution in [3.05, 3.63) is 0 Å². The predicted octanol–water partition coefficient (Wildman–Crippen LogP) is 0.147. The van der Waals surface area contributed by atoms with Gasteiger partial charge < -0.3 is 5.21 Å². The fourth-order valence-corrected chi connectivity index (χ4v) is 0.0965. The van der Waals surface area contributed by atoms with E-state index in [9.17, 15) is 0 Å². The highest BCUT2D eigenvalue weighted by molar-refractivity contribution is 6.15. The van der Waals surface area contributed by atoms with Crippen LogP contribution >= 0.6 is 0 Å². The van der Waals surface area contributed by atoms with Crippen molar-refractivity contribution in [2.45, 2.75) is 0 Å². The van der Waals surface area contributed by atoms with E-state index in [1.165, 1.54) is 12.4 Å². The van der Waals surface area contributed by atoms with Crippen LogP contribution in [0.4, 0.5) is 0 Å². The third-order valence-corrected chi connectivity index (χ3v) is 0.282. The maximum atomic E-state index is 7.68. The molecule has 1 N–H and O–H groups in total. The summed E-state index contributed by atoms with van der Waals surface area (Å²) in [6.07, 6.45) is 2.58. The third kappa shape index (κ3) is 3.14. The first-order valence-electron chi connectivity index (χ1n) is 1.50. The summed E-state index contributed by atoms with van der Waals surface area (Å²) < 4.78 is 0. The van der Waals surface area contributed by atoms with E-state index in [1.807, 2.05) is 0 Å². The molecule has 0 aromatic heterocycles. The van der Waals surface area contributed by atoms with Gasteiger partial charge in [-0.05, 0) is 0 Å². The zero-order chi connectivity index (χ0) is 4.83. The molecule has 0 radical (unpaired) electrons. The van der Waals surface area contributed by atoms with Crippen molar-refractivity contribution in [3.63, 3.8) is 0 Å². The number of hydrogen-bond donors (Lipinski definition) is 1. The van der Waals surface area contributed by atoms with Crippen LogP contribution in [-0.2, 0) is 0 Å². The van der Waals surface area contributed by atoms with Crippen LogP contribution in [0.3, 0.4) is 0 Å². The SMILES string of the molecule is C/N=C/C=N/O. The predicted molar refractivity (Wildman–Crippen MR) is 24.7 cm³/mol. The van der Waals surface area contributed by atoms with Gasteiger partial charge in [0.25, 0.3) is 0 Å². The maximum Gasteiger partial charge on any atom is 0.0839 e. The van der Waals surface area contributed by atoms with E-state index in [-0.39, 0.29) is 0 Å². The van der Waals surface area contributed by atoms with Gasteiger partial charge in [0.05, 0.1) is 6.21 Å². The van der Waals surface area contributed by atoms with Crippen LogP contribution < -0.4 is 0 Å². The quantitative estimate of drug-likeness (QED) is 0.275. The normalized spacial score (nSPS) is 11.5. The second kappa shape index (κ2) is 4.14. The molecule has 0 amide bonds. The second-order valence-electron chi connectivity index (χ2n) is 0.672. The number of hydrogen-bond acceptors (Lipinski definition) is 3. The van der Waals surface area contributed by atoms with Gasteiger partial charge in [-0.2, -0.15) is 0 Å². The van der Waals surface area contributed by atoms with Crippen molar-refractivity contribution in [3.8, 4) is 0 Å². The van der Waals surface area contributed by atoms with E-state index in [0.29, 0.717) is 0 Å². The highest BCUT2D eigenvalue weighted by Crippen LogP contribution is 1.46. The van der Waals surface area contributed by atoms with Gasteiger partial charge in [-0.25, -0.2) is 0 Å². The average Bonchev–Trinajstić information content (AvgIpc) is 1.61. The Bertz CT molecular complexity index is 57.2. The van der Waals surface area contributed by atoms with Gasteiger partial charge in [0, 0.05) is 13.3 Å². The van der Waals surface area contributed by atoms with Crippen molar-refractivity contribution >= 4 is 12.4 Å². The van der Waals surface area contributed by atoms with Crippen LogP contribution in [0.2, 0.25) is 0 Å². The Hall–Kier alpha value is -0.860. The summed E-state index contributed by atoms with van der Waals surface area (Å²) in [4.78, 5) is 3.49. The molecule has 0 atom stereocenters. The van der Waals surface area contributed by atoms with Crippen molar-refractivity contribution in [1.29, 1.82) is 0 Å². The molecule has 0 spiro atoms. The largest absolute Gasteiger partial charge is 0.411 e. The van der Waals surface area contributed by atoms with E-state index in [1.54, 1.807) is 7.05 Å². The average molecular weight is 86.1 g/mol. The third-order valence-electron chi connectivity index (χ3n) is 0.282. The summed E-state index contributed by atoms with van der Waals surface area (Å²) in [7, 11) is 1.60. The van der Waals surface area contributed by atoms with E-state index in [4.69, 9.17) is 5.21 Å². The van der Waals surface area contributed by atoms with Crippen molar-refractivity contribution in [2.24, 2.45) is 10.1 Å². The first kappa shape index (κ1) is 5.14. The number of oxime groups is 1. The second-order valence-corrected chi connectivity index (χ2v) is 0.672. The Morgan fingerprint density at radius 1 is 1.50 bits per heavy atom. The van der Waals surface area contributed by atoms with Gasteiger partial charge in [0.15, 0.2) is 0 Å². The molecular formula is C3H6N2O. The summed E-state index contributed by atoms with van der Waals surface area (Å²) in [5.41, 5.74) is 0. The molecule has 0 aliphatic rings. The number of nitrogens with zero attached hydrogens (tertiary/aromatic N) is 2. The van der Waals surface area contributed by atoms with Gasteiger partial charge >= 0.3 is 0 Å². The lowest BCUT2D eigenvalue weighted by atomic mass is 10.8. The molecule has 0 aromatic carbocycles. The molecule has 0 saturated carbocycles. The maximum absolute atomic E-state index is 7.68. The molecule has 0 bridgehead atoms. The number of rotatable bonds is 1. The van der Waals surface area contributed by atoms with E-state index in [0.717, 1.165) is 0 Å². The molecule has 3 heteroatoms. The zero-order valence-electron chi connectivity index (χ0n) is 3.50. The van der Waals surface area contributed by atoms with Gasteiger partial charge in [-0.15, -0.1) is 0 Å². The molecule has 0 saturated heterocycles. The van der Waals surface area contributed by atoms with Gasteiger partial charge in [0.1, 0.15) is 0 Å². The molecule has 0 aliphatic carbocycles. The van der Waals surface area contributed by atoms with Crippen LogP contribution in [0.15, 0.2) is 10.1 Å². The van der Waals surface area contributed by atoms with Crippen molar-refractivity contribution < 1.29 is 5.21 Å². The fourth-order valence-electron chi connectivity index (χ4n) is 0.0965. The van der Waals surface area contributed by atoms with E-state index < -0.39 is 0 Å². The monoisotopic (exact) mass is 86.0 g/mol. The first-order valence-corrected chi connectivity index (χ1v) is 1.50. The molecule has 0 fully saturated rings. The fraction of sp³-hybridized carbons (Fsp3) is 0.333. The summed E-state index contributed by atoms with van der Waals surface area (Å²) in [6, 6.07) is 0. The minimum Gasteiger partial charge on any atom is -0.411 e. The molecule has 6 heavy (non-hydrogen) atoms. The van der Waals surface area contributed by atoms with Gasteiger partial charge in [0.2, 0.25) is 0 Å². The lowest BCUT2D eigenvalue weighted by Gasteiger charge is -1.63. The minimum absolute atomic E-state index is 1.19. The zero-order valence-corrected chi connectivity index (χ0v) is 3.50. The lowest BCUT2D eigenvalue weighted by Crippen LogP contribution is -1.70. The van der Waals surface area contributed by atoms with Crippen LogP contribution in [0, 0.1) is 0 Å². The standard InChI is InChI=1S/C3H6N2O/c1-4-2-3-5-6/h2-3,6H,1H3/b4-2+,5-3+. The first-order chi connectivity index (χ1) is 2.91. The Labute approximate surface area is 36.0 Å². The Balaban J connectivity index is 3.07. The Morgan fingerprint density at radius 3 is 2.33 bits per heavy atom. The topological polar surface area (TPSA) is 45.0 Å². The van der Waals surface area contributed by atoms with Crippen molar-refractivity contribution in [2.75, 3.05) is 7.05 Å². The van der Waals surface area contributed by atoms with Crippen molar-refractivity contribution in [1.82, 2.24) is 0 Å². The highest BCUT2D eigenvalue weighted by atomic mass is 16.4. The minimum atomic E-state index is 1.19. The summed E-state index contributed by atoms with van der Waals surface area (Å²) in [5, 5.41) is 10.3. The molecule has 3 nitrogen and oxygen atoms in total. The molecular weight excluding hydrogens is 80.0 g/mol. The molecule has 0 unspecified atom stereocenters. The van der Waals surface area contributed by atoms with Crippen LogP contribution in [0.25, 0.3) is 0 Å². The van der Waals surface area contributed by atoms with Gasteiger partial charge in [-0.3, -0.25) is 4.99 Å². The number of aliphatic imine (C=N–C) groups is 1. The van der Waals surface area contributed by atoms with Gasteiger partial charge in [-0.1, -0.05) is 5.16 Å². The Morgan fingerprint density at radius 2 is 2.17 bits per heavy atom. The molecule has 0 rings (SSSR count). The summed E-state index contributed by atoms with van der Waals surface area (Å²) in [5.74, 6) is 0. The van der Waals surface area contributed by atoms with E-state index in [2.05, 4.69) is 10.1 Å². The Kier molecular flexibility index (Phi) is 3.55. The van der Waals surface area contributed by atoms with Crippen LogP contribution in [0.1, 0.15) is 0 Å². The molecule has 0 aromatic rings. The molecule has 0 heterocycles. The van der Waals surface area contributed by atoms with Crippen LogP contribution in [-0.4, -0.2) is 24.7 Å². The lowest BCUT2D eigenvalue weighted by molar-refractivity contribution is 0.322. The summed E-state index contributed by atoms with van der Waals surface area (Å²) in [6.45, 7) is 0.